The van der Waals surface area contributed by atoms with E-state index in [1.165, 1.54) is 11.0 Å². The first-order chi connectivity index (χ1) is 11.5. The molecular weight excluding hydrogens is 338 g/mol. The van der Waals surface area contributed by atoms with Gasteiger partial charge in [0.2, 0.25) is 0 Å². The van der Waals surface area contributed by atoms with E-state index in [1.807, 2.05) is 0 Å². The maximum Gasteiger partial charge on any atom is 0.333 e. The van der Waals surface area contributed by atoms with Crippen LogP contribution in [0.15, 0.2) is 24.5 Å². The van der Waals surface area contributed by atoms with Crippen LogP contribution >= 0.6 is 11.6 Å². The smallest absolute Gasteiger partial charge is 0.330 e. The number of aromatic nitrogens is 4. The topological polar surface area (TPSA) is 107 Å². The molecular formula is C14H12ClN5O4. The Morgan fingerprint density at radius 3 is 2.67 bits per heavy atom. The van der Waals surface area contributed by atoms with Crippen LogP contribution in [0.4, 0.5) is 0 Å². The van der Waals surface area contributed by atoms with Gasteiger partial charge in [-0.3, -0.25) is 9.59 Å². The summed E-state index contributed by atoms with van der Waals surface area (Å²) in [6.45, 7) is 0. The molecule has 0 spiro atoms. The van der Waals surface area contributed by atoms with Crippen molar-refractivity contribution >= 4 is 29.4 Å². The first-order valence-electron chi connectivity index (χ1n) is 7.13. The van der Waals surface area contributed by atoms with Gasteiger partial charge in [0.1, 0.15) is 6.33 Å². The highest BCUT2D eigenvalue weighted by Gasteiger charge is 2.32. The van der Waals surface area contributed by atoms with Crippen LogP contribution < -0.4 is 0 Å². The van der Waals surface area contributed by atoms with E-state index in [1.54, 1.807) is 18.2 Å². The first kappa shape index (κ1) is 16.1. The van der Waals surface area contributed by atoms with Crippen LogP contribution in [0, 0.1) is 0 Å². The van der Waals surface area contributed by atoms with Gasteiger partial charge in [-0.2, -0.15) is 0 Å². The number of hydrogen-bond donors (Lipinski definition) is 0. The number of halogens is 1. The number of aryl methyl sites for hydroxylation is 1. The van der Waals surface area contributed by atoms with Crippen LogP contribution in [0.1, 0.15) is 24.8 Å². The summed E-state index contributed by atoms with van der Waals surface area (Å²) >= 11 is 5.99. The van der Waals surface area contributed by atoms with Gasteiger partial charge in [0.25, 0.3) is 11.8 Å². The minimum atomic E-state index is -0.679. The van der Waals surface area contributed by atoms with Gasteiger partial charge < -0.3 is 4.84 Å². The Balaban J connectivity index is 1.68. The average Bonchev–Trinajstić information content (AvgIpc) is 3.19. The first-order valence-corrected chi connectivity index (χ1v) is 7.51. The van der Waals surface area contributed by atoms with Crippen molar-refractivity contribution in [3.8, 4) is 5.69 Å². The van der Waals surface area contributed by atoms with Crippen molar-refractivity contribution < 1.29 is 19.2 Å². The molecule has 0 aliphatic carbocycles. The summed E-state index contributed by atoms with van der Waals surface area (Å²) in [7, 11) is 0. The summed E-state index contributed by atoms with van der Waals surface area (Å²) in [4.78, 5) is 39.6. The van der Waals surface area contributed by atoms with Gasteiger partial charge in [0.05, 0.1) is 12.1 Å². The molecule has 2 aromatic rings. The molecule has 1 aliphatic heterocycles. The van der Waals surface area contributed by atoms with E-state index < -0.39 is 17.8 Å². The number of hydroxylamine groups is 2. The summed E-state index contributed by atoms with van der Waals surface area (Å²) in [6.07, 6.45) is 1.79. The number of carbonyl (C=O) groups excluding carboxylic acids is 3. The highest BCUT2D eigenvalue weighted by Crippen LogP contribution is 2.21. The van der Waals surface area contributed by atoms with E-state index in [0.29, 0.717) is 15.8 Å². The van der Waals surface area contributed by atoms with E-state index in [-0.39, 0.29) is 25.7 Å². The van der Waals surface area contributed by atoms with Crippen molar-refractivity contribution in [1.29, 1.82) is 0 Å². The predicted molar refractivity (Wildman–Crippen MR) is 79.7 cm³/mol. The third-order valence-electron chi connectivity index (χ3n) is 3.43. The number of benzene rings is 1. The zero-order valence-electron chi connectivity index (χ0n) is 12.4. The molecule has 0 unspecified atom stereocenters. The van der Waals surface area contributed by atoms with Gasteiger partial charge in [-0.05, 0) is 40.6 Å². The molecule has 1 fully saturated rings. The maximum absolute atomic E-state index is 11.9. The molecule has 0 atom stereocenters. The van der Waals surface area contributed by atoms with Crippen molar-refractivity contribution in [2.24, 2.45) is 0 Å². The molecule has 0 N–H and O–H groups in total. The van der Waals surface area contributed by atoms with Crippen molar-refractivity contribution in [1.82, 2.24) is 25.3 Å². The van der Waals surface area contributed by atoms with E-state index in [0.717, 1.165) is 5.56 Å². The Morgan fingerprint density at radius 2 is 2.00 bits per heavy atom. The molecule has 1 aromatic heterocycles. The summed E-state index contributed by atoms with van der Waals surface area (Å²) in [6, 6.07) is 5.10. The van der Waals surface area contributed by atoms with Crippen molar-refractivity contribution in [3.05, 3.63) is 35.1 Å². The van der Waals surface area contributed by atoms with Crippen LogP contribution in [-0.2, 0) is 25.6 Å². The van der Waals surface area contributed by atoms with Gasteiger partial charge in [-0.25, -0.2) is 9.48 Å². The molecule has 10 heteroatoms. The summed E-state index contributed by atoms with van der Waals surface area (Å²) in [5, 5.41) is 12.0. The number of rotatable bonds is 5. The Labute approximate surface area is 141 Å². The molecule has 2 amide bonds. The minimum absolute atomic E-state index is 0.0352. The van der Waals surface area contributed by atoms with Gasteiger partial charge in [-0.15, -0.1) is 10.2 Å². The third-order valence-corrected chi connectivity index (χ3v) is 3.67. The number of hydrogen-bond acceptors (Lipinski definition) is 7. The molecule has 24 heavy (non-hydrogen) atoms. The zero-order chi connectivity index (χ0) is 17.1. The molecule has 1 saturated heterocycles. The largest absolute Gasteiger partial charge is 0.333 e. The van der Waals surface area contributed by atoms with E-state index in [9.17, 15) is 14.4 Å². The lowest BCUT2D eigenvalue weighted by Crippen LogP contribution is -2.32. The minimum Gasteiger partial charge on any atom is -0.330 e. The Kier molecular flexibility index (Phi) is 4.52. The third kappa shape index (κ3) is 3.40. The van der Waals surface area contributed by atoms with Crippen molar-refractivity contribution in [2.45, 2.75) is 25.7 Å². The monoisotopic (exact) mass is 349 g/mol. The Bertz CT molecular complexity index is 776. The van der Waals surface area contributed by atoms with E-state index in [4.69, 9.17) is 16.4 Å². The lowest BCUT2D eigenvalue weighted by atomic mass is 10.1. The Morgan fingerprint density at radius 1 is 1.25 bits per heavy atom. The van der Waals surface area contributed by atoms with Gasteiger partial charge in [0.15, 0.2) is 0 Å². The number of imide groups is 1. The summed E-state index contributed by atoms with van der Waals surface area (Å²) in [5.41, 5.74) is 1.40. The lowest BCUT2D eigenvalue weighted by Gasteiger charge is -2.13. The fraction of sp³-hybridized carbons (Fsp3) is 0.286. The molecule has 0 radical (unpaired) electrons. The van der Waals surface area contributed by atoms with Crippen LogP contribution in [0.5, 0.6) is 0 Å². The van der Waals surface area contributed by atoms with E-state index in [2.05, 4.69) is 15.5 Å². The van der Waals surface area contributed by atoms with Crippen LogP contribution in [-0.4, -0.2) is 43.1 Å². The summed E-state index contributed by atoms with van der Waals surface area (Å²) < 4.78 is 1.45. The predicted octanol–water partition coefficient (Wildman–Crippen LogP) is 0.855. The lowest BCUT2D eigenvalue weighted by molar-refractivity contribution is -0.197. The SMILES string of the molecule is O=C(CCc1cc(Cl)ccc1-n1cnnn1)ON1C(=O)CCC1=O. The molecule has 124 valence electrons. The number of carbonyl (C=O) groups is 3. The van der Waals surface area contributed by atoms with Gasteiger partial charge in [-0.1, -0.05) is 11.6 Å². The molecule has 0 bridgehead atoms. The number of amides is 2. The maximum atomic E-state index is 11.9. The van der Waals surface area contributed by atoms with Gasteiger partial charge >= 0.3 is 5.97 Å². The highest BCUT2D eigenvalue weighted by molar-refractivity contribution is 6.30. The average molecular weight is 350 g/mol. The molecule has 2 heterocycles. The fourth-order valence-corrected chi connectivity index (χ4v) is 2.49. The molecule has 1 aromatic carbocycles. The van der Waals surface area contributed by atoms with Gasteiger partial charge in [0, 0.05) is 17.9 Å². The second-order valence-electron chi connectivity index (χ2n) is 5.07. The normalized spacial score (nSPS) is 14.3. The molecule has 3 rings (SSSR count). The second-order valence-corrected chi connectivity index (χ2v) is 5.51. The standard InChI is InChI=1S/C14H12ClN5O4/c15-10-2-3-11(19-8-16-17-18-19)9(7-10)1-6-14(23)24-20-12(21)4-5-13(20)22/h2-3,7-8H,1,4-6H2. The zero-order valence-corrected chi connectivity index (χ0v) is 13.1. The van der Waals surface area contributed by atoms with Crippen LogP contribution in [0.2, 0.25) is 5.02 Å². The number of tetrazole rings is 1. The van der Waals surface area contributed by atoms with Crippen LogP contribution in [0.25, 0.3) is 5.69 Å². The molecule has 0 saturated carbocycles. The summed E-state index contributed by atoms with van der Waals surface area (Å²) in [5.74, 6) is -1.70. The number of nitrogens with zero attached hydrogens (tertiary/aromatic N) is 5. The highest BCUT2D eigenvalue weighted by atomic mass is 35.5. The quantitative estimate of drug-likeness (QED) is 0.736. The van der Waals surface area contributed by atoms with Crippen LogP contribution in [0.3, 0.4) is 0 Å². The molecule has 9 nitrogen and oxygen atoms in total. The second kappa shape index (κ2) is 6.75. The molecule has 1 aliphatic rings. The van der Waals surface area contributed by atoms with E-state index >= 15 is 0 Å². The Hall–Kier alpha value is -2.81. The van der Waals surface area contributed by atoms with Crippen molar-refractivity contribution in [3.63, 3.8) is 0 Å². The fourth-order valence-electron chi connectivity index (χ4n) is 2.29. The van der Waals surface area contributed by atoms with Crippen molar-refractivity contribution in [2.75, 3.05) is 0 Å².